The second-order valence-corrected chi connectivity index (χ2v) is 4.65. The van der Waals surface area contributed by atoms with E-state index in [9.17, 15) is 0 Å². The third kappa shape index (κ3) is 1.94. The topological polar surface area (TPSA) is 12.0 Å². The molecule has 0 bridgehead atoms. The second-order valence-electron chi connectivity index (χ2n) is 3.87. The first-order valence-electron chi connectivity index (χ1n) is 5.11. The minimum Gasteiger partial charge on any atom is -0.313 e. The molecular formula is C11H17NS. The summed E-state index contributed by atoms with van der Waals surface area (Å²) in [7, 11) is 2.08. The Morgan fingerprint density at radius 3 is 2.77 bits per heavy atom. The summed E-state index contributed by atoms with van der Waals surface area (Å²) in [6.07, 6.45) is 5.66. The van der Waals surface area contributed by atoms with Crippen molar-refractivity contribution in [3.05, 3.63) is 22.4 Å². The Kier molecular flexibility index (Phi) is 3.01. The van der Waals surface area contributed by atoms with E-state index < -0.39 is 0 Å². The lowest BCUT2D eigenvalue weighted by atomic mass is 9.94. The van der Waals surface area contributed by atoms with Crippen LogP contribution in [0.15, 0.2) is 16.8 Å². The molecule has 0 amide bonds. The SMILES string of the molecule is CNC(c1ccsc1)C1CCCC1. The summed E-state index contributed by atoms with van der Waals surface area (Å²) >= 11 is 1.80. The standard InChI is InChI=1S/C11H17NS/c1-12-11(9-4-2-3-5-9)10-6-7-13-8-10/h6-9,11-12H,2-5H2,1H3. The first kappa shape index (κ1) is 9.22. The molecule has 72 valence electrons. The lowest BCUT2D eigenvalue weighted by Gasteiger charge is -2.21. The van der Waals surface area contributed by atoms with Crippen LogP contribution in [0.4, 0.5) is 0 Å². The van der Waals surface area contributed by atoms with Gasteiger partial charge in [0, 0.05) is 6.04 Å². The Bertz CT molecular complexity index is 237. The Morgan fingerprint density at radius 1 is 1.46 bits per heavy atom. The van der Waals surface area contributed by atoms with Crippen LogP contribution in [0.3, 0.4) is 0 Å². The quantitative estimate of drug-likeness (QED) is 0.781. The van der Waals surface area contributed by atoms with E-state index in [0.717, 1.165) is 5.92 Å². The van der Waals surface area contributed by atoms with E-state index in [1.54, 1.807) is 11.3 Å². The molecule has 1 nitrogen and oxygen atoms in total. The maximum Gasteiger partial charge on any atom is 0.0354 e. The molecule has 1 aliphatic carbocycles. The molecule has 0 aliphatic heterocycles. The molecule has 1 saturated carbocycles. The van der Waals surface area contributed by atoms with E-state index in [2.05, 4.69) is 29.2 Å². The van der Waals surface area contributed by atoms with Gasteiger partial charge in [-0.25, -0.2) is 0 Å². The monoisotopic (exact) mass is 195 g/mol. The van der Waals surface area contributed by atoms with E-state index in [4.69, 9.17) is 0 Å². The highest BCUT2D eigenvalue weighted by atomic mass is 32.1. The number of rotatable bonds is 3. The molecule has 1 unspecified atom stereocenters. The number of hydrogen-bond acceptors (Lipinski definition) is 2. The van der Waals surface area contributed by atoms with Crippen LogP contribution in [0.1, 0.15) is 37.3 Å². The van der Waals surface area contributed by atoms with E-state index in [1.165, 1.54) is 31.2 Å². The molecule has 0 spiro atoms. The van der Waals surface area contributed by atoms with E-state index in [0.29, 0.717) is 6.04 Å². The van der Waals surface area contributed by atoms with Crippen molar-refractivity contribution in [3.8, 4) is 0 Å². The zero-order valence-corrected chi connectivity index (χ0v) is 8.94. The molecule has 1 N–H and O–H groups in total. The van der Waals surface area contributed by atoms with Gasteiger partial charge in [0.2, 0.25) is 0 Å². The van der Waals surface area contributed by atoms with Gasteiger partial charge < -0.3 is 5.32 Å². The first-order valence-corrected chi connectivity index (χ1v) is 6.05. The van der Waals surface area contributed by atoms with Crippen molar-refractivity contribution in [2.75, 3.05) is 7.05 Å². The molecule has 0 radical (unpaired) electrons. The number of hydrogen-bond donors (Lipinski definition) is 1. The summed E-state index contributed by atoms with van der Waals surface area (Å²) in [5.41, 5.74) is 1.49. The predicted molar refractivity (Wildman–Crippen MR) is 58.1 cm³/mol. The molecule has 1 aromatic rings. The molecule has 13 heavy (non-hydrogen) atoms. The van der Waals surface area contributed by atoms with Gasteiger partial charge in [-0.05, 0) is 48.2 Å². The molecule has 1 atom stereocenters. The second kappa shape index (κ2) is 4.25. The fourth-order valence-electron chi connectivity index (χ4n) is 2.42. The highest BCUT2D eigenvalue weighted by Gasteiger charge is 2.24. The van der Waals surface area contributed by atoms with Crippen LogP contribution < -0.4 is 5.32 Å². The third-order valence-electron chi connectivity index (χ3n) is 3.08. The minimum atomic E-state index is 0.605. The van der Waals surface area contributed by atoms with Crippen molar-refractivity contribution in [2.45, 2.75) is 31.7 Å². The average molecular weight is 195 g/mol. The average Bonchev–Trinajstić information content (AvgIpc) is 2.76. The van der Waals surface area contributed by atoms with Crippen LogP contribution in [0.5, 0.6) is 0 Å². The molecule has 2 rings (SSSR count). The summed E-state index contributed by atoms with van der Waals surface area (Å²) in [6, 6.07) is 2.86. The summed E-state index contributed by atoms with van der Waals surface area (Å²) < 4.78 is 0. The lowest BCUT2D eigenvalue weighted by molar-refractivity contribution is 0.391. The van der Waals surface area contributed by atoms with Crippen LogP contribution in [0.25, 0.3) is 0 Å². The van der Waals surface area contributed by atoms with Gasteiger partial charge in [0.15, 0.2) is 0 Å². The van der Waals surface area contributed by atoms with Gasteiger partial charge in [-0.1, -0.05) is 12.8 Å². The van der Waals surface area contributed by atoms with Gasteiger partial charge in [0.25, 0.3) is 0 Å². The zero-order chi connectivity index (χ0) is 9.10. The molecule has 0 aromatic carbocycles. The smallest absolute Gasteiger partial charge is 0.0354 e. The van der Waals surface area contributed by atoms with Gasteiger partial charge in [0.05, 0.1) is 0 Å². The van der Waals surface area contributed by atoms with Crippen molar-refractivity contribution < 1.29 is 0 Å². The zero-order valence-electron chi connectivity index (χ0n) is 8.12. The van der Waals surface area contributed by atoms with Gasteiger partial charge >= 0.3 is 0 Å². The summed E-state index contributed by atoms with van der Waals surface area (Å²) in [6.45, 7) is 0. The molecule has 2 heteroatoms. The van der Waals surface area contributed by atoms with Crippen molar-refractivity contribution in [1.82, 2.24) is 5.32 Å². The largest absolute Gasteiger partial charge is 0.313 e. The summed E-state index contributed by atoms with van der Waals surface area (Å²) in [5, 5.41) is 7.91. The molecule has 0 saturated heterocycles. The molecule has 1 fully saturated rings. The highest BCUT2D eigenvalue weighted by molar-refractivity contribution is 7.07. The molecule has 1 aromatic heterocycles. The maximum absolute atomic E-state index is 3.45. The van der Waals surface area contributed by atoms with Crippen LogP contribution in [-0.4, -0.2) is 7.05 Å². The fraction of sp³-hybridized carbons (Fsp3) is 0.636. The maximum atomic E-state index is 3.45. The summed E-state index contributed by atoms with van der Waals surface area (Å²) in [5.74, 6) is 0.875. The van der Waals surface area contributed by atoms with Crippen LogP contribution in [0.2, 0.25) is 0 Å². The molecule has 1 heterocycles. The van der Waals surface area contributed by atoms with Gasteiger partial charge in [-0.3, -0.25) is 0 Å². The number of thiophene rings is 1. The van der Waals surface area contributed by atoms with E-state index in [-0.39, 0.29) is 0 Å². The number of nitrogens with one attached hydrogen (secondary N) is 1. The third-order valence-corrected chi connectivity index (χ3v) is 3.79. The van der Waals surface area contributed by atoms with Crippen LogP contribution in [-0.2, 0) is 0 Å². The van der Waals surface area contributed by atoms with Crippen LogP contribution >= 0.6 is 11.3 Å². The Labute approximate surface area is 84.2 Å². The Morgan fingerprint density at radius 2 is 2.23 bits per heavy atom. The Hall–Kier alpha value is -0.340. The molecular weight excluding hydrogens is 178 g/mol. The van der Waals surface area contributed by atoms with Gasteiger partial charge in [-0.2, -0.15) is 11.3 Å². The highest BCUT2D eigenvalue weighted by Crippen LogP contribution is 2.35. The van der Waals surface area contributed by atoms with Crippen molar-refractivity contribution in [1.29, 1.82) is 0 Å². The minimum absolute atomic E-state index is 0.605. The Balaban J connectivity index is 2.08. The molecule has 1 aliphatic rings. The van der Waals surface area contributed by atoms with Crippen LogP contribution in [0, 0.1) is 5.92 Å². The first-order chi connectivity index (χ1) is 6.42. The van der Waals surface area contributed by atoms with Gasteiger partial charge in [-0.15, -0.1) is 0 Å². The van der Waals surface area contributed by atoms with Gasteiger partial charge in [0.1, 0.15) is 0 Å². The summed E-state index contributed by atoms with van der Waals surface area (Å²) in [4.78, 5) is 0. The van der Waals surface area contributed by atoms with Crippen molar-refractivity contribution in [2.24, 2.45) is 5.92 Å². The van der Waals surface area contributed by atoms with Crippen molar-refractivity contribution >= 4 is 11.3 Å². The predicted octanol–water partition coefficient (Wildman–Crippen LogP) is 3.20. The fourth-order valence-corrected chi connectivity index (χ4v) is 3.11. The van der Waals surface area contributed by atoms with E-state index in [1.807, 2.05) is 0 Å². The van der Waals surface area contributed by atoms with E-state index >= 15 is 0 Å². The lowest BCUT2D eigenvalue weighted by Crippen LogP contribution is -2.22. The van der Waals surface area contributed by atoms with Crippen molar-refractivity contribution in [3.63, 3.8) is 0 Å². The normalized spacial score (nSPS) is 20.7.